The molecule has 0 atom stereocenters. The average molecular weight is 641 g/mol. The molecule has 16 heteroatoms. The van der Waals surface area contributed by atoms with Crippen molar-refractivity contribution in [2.75, 3.05) is 13.6 Å². The molecular weight excluding hydrogens is 594 g/mol. The Morgan fingerprint density at radius 3 is 1.21 bits per heavy atom. The van der Waals surface area contributed by atoms with E-state index in [0.717, 1.165) is 0 Å². The molecule has 2 N–H and O–H groups in total. The minimum Gasteiger partial charge on any atom is -0.281 e. The lowest BCUT2D eigenvalue weighted by molar-refractivity contribution is -0.152. The number of nitrogens with two attached hydrogens (primary N) is 1. The number of hydroxylamine groups is 2. The lowest BCUT2D eigenvalue weighted by Crippen LogP contribution is -2.31. The van der Waals surface area contributed by atoms with Gasteiger partial charge in [-0.05, 0) is 95.2 Å². The molecule has 0 radical (unpaired) electrons. The van der Waals surface area contributed by atoms with E-state index in [4.69, 9.17) is 37.9 Å². The van der Waals surface area contributed by atoms with Gasteiger partial charge in [-0.1, -0.05) is 12.1 Å². The second-order valence-electron chi connectivity index (χ2n) is 12.9. The zero-order chi connectivity index (χ0) is 32.8. The quantitative estimate of drug-likeness (QED) is 0.120. The average Bonchev–Trinajstić information content (AvgIpc) is 2.98. The standard InChI is InChI=1S/C17H24NO7P.C9H22NO5P/c1-16(2,3)24-26(21,25-17(4,5)6)23-11-22-18-14(19)12-9-7-8-10-13(12)15(18)20;1-8(2,3)14-16(11,13-7-12-10)15-9(4,5)6/h7-10H,11H2,1-6H3;7,10H2,1-6H3. The van der Waals surface area contributed by atoms with Gasteiger partial charge in [0.25, 0.3) is 11.8 Å². The van der Waals surface area contributed by atoms with Crippen LogP contribution in [0.25, 0.3) is 0 Å². The van der Waals surface area contributed by atoms with Gasteiger partial charge >= 0.3 is 15.6 Å². The molecule has 14 nitrogen and oxygen atoms in total. The summed E-state index contributed by atoms with van der Waals surface area (Å²) in [6.45, 7) is 19.6. The first-order valence-electron chi connectivity index (χ1n) is 13.0. The van der Waals surface area contributed by atoms with Crippen LogP contribution >= 0.6 is 15.6 Å². The van der Waals surface area contributed by atoms with Gasteiger partial charge in [-0.15, -0.1) is 5.06 Å². The lowest BCUT2D eigenvalue weighted by Gasteiger charge is -2.30. The van der Waals surface area contributed by atoms with Gasteiger partial charge in [-0.2, -0.15) is 0 Å². The molecule has 0 fully saturated rings. The molecule has 0 aliphatic carbocycles. The number of phosphoric ester groups is 2. The summed E-state index contributed by atoms with van der Waals surface area (Å²) < 4.78 is 56.5. The Hall–Kier alpha value is -1.54. The second-order valence-corrected chi connectivity index (χ2v) is 16.0. The fourth-order valence-electron chi connectivity index (χ4n) is 3.00. The van der Waals surface area contributed by atoms with Crippen molar-refractivity contribution in [1.29, 1.82) is 0 Å². The highest BCUT2D eigenvalue weighted by atomic mass is 31.2. The first kappa shape index (κ1) is 38.5. The van der Waals surface area contributed by atoms with Crippen molar-refractivity contribution in [2.45, 2.75) is 105 Å². The highest BCUT2D eigenvalue weighted by Crippen LogP contribution is 2.56. The summed E-state index contributed by atoms with van der Waals surface area (Å²) in [6, 6.07) is 6.34. The van der Waals surface area contributed by atoms with Crippen LogP contribution in [0.3, 0.4) is 0 Å². The van der Waals surface area contributed by atoms with Crippen LogP contribution in [0.2, 0.25) is 0 Å². The van der Waals surface area contributed by atoms with Crippen LogP contribution in [0.5, 0.6) is 0 Å². The number of benzene rings is 1. The van der Waals surface area contributed by atoms with Gasteiger partial charge in [0, 0.05) is 0 Å². The number of hydrogen-bond acceptors (Lipinski definition) is 13. The number of nitrogens with zero attached hydrogens (tertiary/aromatic N) is 1. The molecule has 1 aromatic carbocycles. The summed E-state index contributed by atoms with van der Waals surface area (Å²) in [7, 11) is -7.69. The molecule has 42 heavy (non-hydrogen) atoms. The molecule has 0 saturated heterocycles. The number of hydrogen-bond donors (Lipinski definition) is 1. The molecule has 0 aromatic heterocycles. The van der Waals surface area contributed by atoms with E-state index in [1.54, 1.807) is 95.2 Å². The van der Waals surface area contributed by atoms with Crippen LogP contribution in [-0.4, -0.2) is 52.9 Å². The number of amides is 2. The monoisotopic (exact) mass is 640 g/mol. The topological polar surface area (TPSA) is 171 Å². The van der Waals surface area contributed by atoms with Crippen LogP contribution in [0, 0.1) is 0 Å². The van der Waals surface area contributed by atoms with Gasteiger partial charge in [0.15, 0.2) is 13.6 Å². The van der Waals surface area contributed by atoms with Gasteiger partial charge in [-0.25, -0.2) is 19.9 Å². The van der Waals surface area contributed by atoms with Crippen LogP contribution in [0.4, 0.5) is 0 Å². The predicted molar refractivity (Wildman–Crippen MR) is 154 cm³/mol. The molecular formula is C26H46N2O12P2. The number of phosphoric acid groups is 2. The number of carbonyl (C=O) groups is 2. The summed E-state index contributed by atoms with van der Waals surface area (Å²) in [4.78, 5) is 33.8. The van der Waals surface area contributed by atoms with E-state index in [9.17, 15) is 18.7 Å². The minimum absolute atomic E-state index is 0.234. The molecule has 2 rings (SSSR count). The fourth-order valence-corrected chi connectivity index (χ4v) is 6.34. The van der Waals surface area contributed by atoms with Crippen molar-refractivity contribution < 1.29 is 55.5 Å². The Kier molecular flexibility index (Phi) is 13.3. The van der Waals surface area contributed by atoms with Gasteiger partial charge in [0.05, 0.1) is 33.5 Å². The van der Waals surface area contributed by atoms with Crippen molar-refractivity contribution in [1.82, 2.24) is 5.06 Å². The van der Waals surface area contributed by atoms with Gasteiger partial charge in [-0.3, -0.25) is 41.6 Å². The molecule has 0 spiro atoms. The summed E-state index contributed by atoms with van der Waals surface area (Å²) in [5.74, 6) is 3.58. The van der Waals surface area contributed by atoms with Crippen LogP contribution in [0.1, 0.15) is 104 Å². The maximum absolute atomic E-state index is 12.9. The Bertz CT molecular complexity index is 1090. The predicted octanol–water partition coefficient (Wildman–Crippen LogP) is 6.52. The molecule has 0 bridgehead atoms. The Morgan fingerprint density at radius 1 is 0.619 bits per heavy atom. The van der Waals surface area contributed by atoms with Crippen molar-refractivity contribution in [2.24, 2.45) is 5.90 Å². The van der Waals surface area contributed by atoms with Crippen LogP contribution in [0.15, 0.2) is 24.3 Å². The smallest absolute Gasteiger partial charge is 0.281 e. The highest BCUT2D eigenvalue weighted by molar-refractivity contribution is 7.48. The third-order valence-electron chi connectivity index (χ3n) is 3.97. The van der Waals surface area contributed by atoms with Crippen molar-refractivity contribution in [3.8, 4) is 0 Å². The normalized spacial score (nSPS) is 15.0. The van der Waals surface area contributed by atoms with Crippen molar-refractivity contribution >= 4 is 27.5 Å². The number of imide groups is 1. The van der Waals surface area contributed by atoms with Crippen LogP contribution < -0.4 is 5.90 Å². The van der Waals surface area contributed by atoms with E-state index in [1.807, 2.05) is 0 Å². The first-order chi connectivity index (χ1) is 18.8. The molecule has 1 heterocycles. The number of rotatable bonds is 11. The lowest BCUT2D eigenvalue weighted by atomic mass is 10.1. The Labute approximate surface area is 248 Å². The maximum atomic E-state index is 12.9. The maximum Gasteiger partial charge on any atom is 0.478 e. The van der Waals surface area contributed by atoms with Crippen molar-refractivity contribution in [3.63, 3.8) is 0 Å². The summed E-state index contributed by atoms with van der Waals surface area (Å²) in [5.41, 5.74) is -2.47. The second kappa shape index (κ2) is 14.5. The number of fused-ring (bicyclic) bond motifs is 1. The number of carbonyl (C=O) groups excluding carboxylic acids is 2. The van der Waals surface area contributed by atoms with E-state index in [1.165, 1.54) is 12.1 Å². The Balaban J connectivity index is 0.000000476. The molecule has 0 unspecified atom stereocenters. The molecule has 242 valence electrons. The largest absolute Gasteiger partial charge is 0.478 e. The third-order valence-corrected chi connectivity index (χ3v) is 7.90. The van der Waals surface area contributed by atoms with Gasteiger partial charge in [0.2, 0.25) is 0 Å². The fraction of sp³-hybridized carbons (Fsp3) is 0.692. The molecule has 1 aromatic rings. The highest BCUT2D eigenvalue weighted by Gasteiger charge is 2.40. The van der Waals surface area contributed by atoms with E-state index < -0.39 is 56.7 Å². The Morgan fingerprint density at radius 2 is 0.929 bits per heavy atom. The van der Waals surface area contributed by atoms with E-state index in [0.29, 0.717) is 5.06 Å². The van der Waals surface area contributed by atoms with Gasteiger partial charge in [0.1, 0.15) is 0 Å². The molecule has 0 saturated carbocycles. The van der Waals surface area contributed by atoms with E-state index >= 15 is 0 Å². The zero-order valence-electron chi connectivity index (χ0n) is 26.5. The molecule has 1 aliphatic heterocycles. The van der Waals surface area contributed by atoms with Crippen LogP contribution in [-0.2, 0) is 45.9 Å². The van der Waals surface area contributed by atoms with E-state index in [2.05, 4.69) is 4.84 Å². The summed E-state index contributed by atoms with van der Waals surface area (Å²) in [5, 5.41) is 0.573. The first-order valence-corrected chi connectivity index (χ1v) is 16.0. The molecule has 1 aliphatic rings. The molecule has 2 amide bonds. The van der Waals surface area contributed by atoms with Gasteiger partial charge < -0.3 is 0 Å². The third kappa shape index (κ3) is 14.3. The van der Waals surface area contributed by atoms with Crippen molar-refractivity contribution in [3.05, 3.63) is 35.4 Å². The zero-order valence-corrected chi connectivity index (χ0v) is 28.3. The summed E-state index contributed by atoms with van der Waals surface area (Å²) >= 11 is 0. The SMILES string of the molecule is CC(C)(C)OP(=O)(OCON)OC(C)(C)C.CC(C)(C)OP(=O)(OCON1C(=O)c2ccccc2C1=O)OC(C)(C)C. The summed E-state index contributed by atoms with van der Waals surface area (Å²) in [6.07, 6.45) is 0. The minimum atomic E-state index is -4.01. The van der Waals surface area contributed by atoms with E-state index in [-0.39, 0.29) is 17.9 Å².